The van der Waals surface area contributed by atoms with E-state index in [9.17, 15) is 0 Å². The van der Waals surface area contributed by atoms with Crippen LogP contribution < -0.4 is 4.90 Å². The third-order valence-corrected chi connectivity index (χ3v) is 9.95. The first-order valence-electron chi connectivity index (χ1n) is 17.2. The third-order valence-electron chi connectivity index (χ3n) is 9.45. The number of aryl methyl sites for hydroxylation is 2. The molecule has 0 aliphatic rings. The van der Waals surface area contributed by atoms with Crippen LogP contribution in [0.25, 0.3) is 38.6 Å². The molecule has 7 rings (SSSR count). The largest absolute Gasteiger partial charge is 0.310 e. The summed E-state index contributed by atoms with van der Waals surface area (Å²) in [6, 6.07) is 56.9. The van der Waals surface area contributed by atoms with Gasteiger partial charge in [-0.25, -0.2) is 0 Å². The van der Waals surface area contributed by atoms with Crippen LogP contribution in [-0.2, 0) is 0 Å². The molecule has 1 nitrogen and oxygen atoms in total. The Morgan fingerprint density at radius 2 is 1.14 bits per heavy atom. The second-order valence-corrected chi connectivity index (χ2v) is 13.7. The lowest BCUT2D eigenvalue weighted by molar-refractivity contribution is 1.28. The molecule has 244 valence electrons. The highest BCUT2D eigenvalue weighted by molar-refractivity contribution is 9.10. The molecule has 7 aromatic carbocycles. The topological polar surface area (TPSA) is 3.24 Å². The predicted molar refractivity (Wildman–Crippen MR) is 220 cm³/mol. The third kappa shape index (κ3) is 6.60. The van der Waals surface area contributed by atoms with Gasteiger partial charge in [0.15, 0.2) is 0 Å². The molecule has 0 aliphatic heterocycles. The van der Waals surface area contributed by atoms with Gasteiger partial charge in [0.05, 0.1) is 0 Å². The smallest absolute Gasteiger partial charge is 0.0472 e. The predicted octanol–water partition coefficient (Wildman–Crippen LogP) is 14.4. The molecule has 2 heteroatoms. The number of fused-ring (bicyclic) bond motifs is 1. The van der Waals surface area contributed by atoms with Crippen molar-refractivity contribution in [1.29, 1.82) is 0 Å². The van der Waals surface area contributed by atoms with E-state index in [2.05, 4.69) is 218 Å². The number of hydrogen-bond acceptors (Lipinski definition) is 1. The summed E-state index contributed by atoms with van der Waals surface area (Å²) in [6.45, 7) is 8.79. The van der Waals surface area contributed by atoms with Crippen molar-refractivity contribution < 1.29 is 0 Å². The van der Waals surface area contributed by atoms with Crippen LogP contribution in [0.4, 0.5) is 17.1 Å². The summed E-state index contributed by atoms with van der Waals surface area (Å²) < 4.78 is 1.04. The molecule has 0 N–H and O–H groups in total. The number of allylic oxidation sites excluding steroid dienone is 3. The van der Waals surface area contributed by atoms with Crippen molar-refractivity contribution >= 4 is 49.3 Å². The summed E-state index contributed by atoms with van der Waals surface area (Å²) in [5, 5.41) is 2.52. The van der Waals surface area contributed by atoms with Gasteiger partial charge in [-0.3, -0.25) is 0 Å². The zero-order chi connectivity index (χ0) is 34.6. The molecule has 0 heterocycles. The van der Waals surface area contributed by atoms with Crippen molar-refractivity contribution in [2.45, 2.75) is 27.7 Å². The Labute approximate surface area is 305 Å². The highest BCUT2D eigenvalue weighted by Crippen LogP contribution is 2.42. The van der Waals surface area contributed by atoms with Gasteiger partial charge < -0.3 is 4.90 Å². The lowest BCUT2D eigenvalue weighted by atomic mass is 9.83. The van der Waals surface area contributed by atoms with Crippen molar-refractivity contribution in [3.8, 4) is 22.3 Å². The molecule has 7 aromatic rings. The van der Waals surface area contributed by atoms with Crippen molar-refractivity contribution in [3.05, 3.63) is 202 Å². The van der Waals surface area contributed by atoms with E-state index in [0.29, 0.717) is 0 Å². The molecule has 50 heavy (non-hydrogen) atoms. The van der Waals surface area contributed by atoms with Crippen LogP contribution in [0.2, 0.25) is 0 Å². The molecule has 0 unspecified atom stereocenters. The average Bonchev–Trinajstić information content (AvgIpc) is 3.14. The number of nitrogens with zero attached hydrogens (tertiary/aromatic N) is 1. The second-order valence-electron chi connectivity index (χ2n) is 12.8. The molecule has 0 aliphatic carbocycles. The quantitative estimate of drug-likeness (QED) is 0.142. The SMILES string of the molecule is C/C=C\C(C)=C(c1ccccc1C)c1c(C)cc(-c2ccc(N(c3ccc(-c4ccccc4)cc3)c3cccc(Br)c3)cc2)c2ccccc12. The zero-order valence-corrected chi connectivity index (χ0v) is 30.6. The van der Waals surface area contributed by atoms with Gasteiger partial charge in [-0.2, -0.15) is 0 Å². The molecule has 0 saturated carbocycles. The van der Waals surface area contributed by atoms with Crippen LogP contribution in [0.5, 0.6) is 0 Å². The summed E-state index contributed by atoms with van der Waals surface area (Å²) in [5.41, 5.74) is 15.8. The Morgan fingerprint density at radius 1 is 0.540 bits per heavy atom. The second kappa shape index (κ2) is 14.6. The van der Waals surface area contributed by atoms with E-state index in [1.54, 1.807) is 0 Å². The van der Waals surface area contributed by atoms with Gasteiger partial charge in [0.2, 0.25) is 0 Å². The van der Waals surface area contributed by atoms with E-state index in [0.717, 1.165) is 21.5 Å². The minimum Gasteiger partial charge on any atom is -0.310 e. The summed E-state index contributed by atoms with van der Waals surface area (Å²) in [7, 11) is 0. The Kier molecular flexibility index (Phi) is 9.65. The zero-order valence-electron chi connectivity index (χ0n) is 29.0. The summed E-state index contributed by atoms with van der Waals surface area (Å²) in [4.78, 5) is 2.32. The van der Waals surface area contributed by atoms with Crippen LogP contribution in [0.1, 0.15) is 36.1 Å². The van der Waals surface area contributed by atoms with Gasteiger partial charge in [0.1, 0.15) is 0 Å². The highest BCUT2D eigenvalue weighted by atomic mass is 79.9. The maximum Gasteiger partial charge on any atom is 0.0472 e. The minimum absolute atomic E-state index is 1.04. The minimum atomic E-state index is 1.04. The molecular weight excluding hydrogens is 670 g/mol. The Morgan fingerprint density at radius 3 is 1.80 bits per heavy atom. The molecular formula is C48H40BrN. The Balaban J connectivity index is 1.33. The van der Waals surface area contributed by atoms with E-state index >= 15 is 0 Å². The molecule has 0 fully saturated rings. The summed E-state index contributed by atoms with van der Waals surface area (Å²) >= 11 is 3.71. The fourth-order valence-corrected chi connectivity index (χ4v) is 7.49. The molecule has 0 atom stereocenters. The number of hydrogen-bond donors (Lipinski definition) is 0. The van der Waals surface area contributed by atoms with E-state index in [4.69, 9.17) is 0 Å². The van der Waals surface area contributed by atoms with Crippen molar-refractivity contribution in [1.82, 2.24) is 0 Å². The Bertz CT molecular complexity index is 2350. The van der Waals surface area contributed by atoms with Crippen LogP contribution in [0.3, 0.4) is 0 Å². The van der Waals surface area contributed by atoms with Gasteiger partial charge in [0.25, 0.3) is 0 Å². The fourth-order valence-electron chi connectivity index (χ4n) is 7.10. The number of benzene rings is 7. The van der Waals surface area contributed by atoms with E-state index in [1.807, 2.05) is 0 Å². The van der Waals surface area contributed by atoms with Crippen molar-refractivity contribution in [2.24, 2.45) is 0 Å². The van der Waals surface area contributed by atoms with Crippen LogP contribution in [-0.4, -0.2) is 0 Å². The molecule has 0 saturated heterocycles. The standard InChI is InChI=1S/C48H40BrN/c1-5-14-34(3)47(43-20-10-9-15-33(43)2)48-35(4)31-46(44-21-11-12-22-45(44)48)38-25-29-41(30-26-38)50(42-19-13-18-39(49)32-42)40-27-23-37(24-28-40)36-16-7-6-8-17-36/h5-32H,1-4H3/b14-5-,47-34?. The average molecular weight is 711 g/mol. The Hall–Kier alpha value is -5.44. The fraction of sp³-hybridized carbons (Fsp3) is 0.0833. The lowest BCUT2D eigenvalue weighted by Gasteiger charge is -2.26. The van der Waals surface area contributed by atoms with Gasteiger partial charge in [0, 0.05) is 21.5 Å². The molecule has 0 bridgehead atoms. The monoisotopic (exact) mass is 709 g/mol. The van der Waals surface area contributed by atoms with Crippen LogP contribution in [0, 0.1) is 13.8 Å². The van der Waals surface area contributed by atoms with Gasteiger partial charge in [-0.1, -0.05) is 143 Å². The lowest BCUT2D eigenvalue weighted by Crippen LogP contribution is -2.09. The first-order chi connectivity index (χ1) is 24.4. The van der Waals surface area contributed by atoms with E-state index < -0.39 is 0 Å². The number of rotatable bonds is 8. The van der Waals surface area contributed by atoms with Gasteiger partial charge in [-0.15, -0.1) is 0 Å². The summed E-state index contributed by atoms with van der Waals surface area (Å²) in [5.74, 6) is 0. The van der Waals surface area contributed by atoms with Gasteiger partial charge in [-0.05, 0) is 137 Å². The van der Waals surface area contributed by atoms with Gasteiger partial charge >= 0.3 is 0 Å². The summed E-state index contributed by atoms with van der Waals surface area (Å²) in [6.07, 6.45) is 4.37. The highest BCUT2D eigenvalue weighted by Gasteiger charge is 2.19. The van der Waals surface area contributed by atoms with E-state index in [-0.39, 0.29) is 0 Å². The first-order valence-corrected chi connectivity index (χ1v) is 18.0. The number of halogens is 1. The first kappa shape index (κ1) is 33.1. The molecule has 0 spiro atoms. The number of anilines is 3. The van der Waals surface area contributed by atoms with Crippen LogP contribution in [0.15, 0.2) is 180 Å². The normalized spacial score (nSPS) is 11.9. The van der Waals surface area contributed by atoms with Crippen molar-refractivity contribution in [2.75, 3.05) is 4.90 Å². The molecule has 0 amide bonds. The van der Waals surface area contributed by atoms with Crippen molar-refractivity contribution in [3.63, 3.8) is 0 Å². The maximum atomic E-state index is 3.71. The maximum absolute atomic E-state index is 3.71. The van der Waals surface area contributed by atoms with Crippen LogP contribution >= 0.6 is 15.9 Å². The molecule has 0 radical (unpaired) electrons. The van der Waals surface area contributed by atoms with E-state index in [1.165, 1.54) is 66.4 Å². The molecule has 0 aromatic heterocycles.